The lowest BCUT2D eigenvalue weighted by molar-refractivity contribution is -0.131. The molecule has 3 aromatic rings. The summed E-state index contributed by atoms with van der Waals surface area (Å²) >= 11 is 1.35. The molecule has 1 aliphatic rings. The average molecular weight is 456 g/mol. The lowest BCUT2D eigenvalue weighted by Crippen LogP contribution is -2.31. The van der Waals surface area contributed by atoms with Crippen LogP contribution in [-0.2, 0) is 22.7 Å². The summed E-state index contributed by atoms with van der Waals surface area (Å²) in [4.78, 5) is 26.7. The number of furan rings is 1. The van der Waals surface area contributed by atoms with Gasteiger partial charge in [-0.1, -0.05) is 36.4 Å². The first-order valence-electron chi connectivity index (χ1n) is 11.2. The Hall–Kier alpha value is -2.81. The Kier molecular flexibility index (Phi) is 7.14. The number of nitrogens with one attached hydrogen (secondary N) is 1. The van der Waals surface area contributed by atoms with Crippen LogP contribution in [0.25, 0.3) is 11.0 Å². The summed E-state index contributed by atoms with van der Waals surface area (Å²) in [5, 5.41) is 13.3. The number of thioether (sulfide) groups is 1. The highest BCUT2D eigenvalue weighted by Gasteiger charge is 2.21. The molecular formula is C23H29N5O3S. The normalized spacial score (nSPS) is 15.7. The number of carbonyl (C=O) groups excluding carboxylic acids is 2. The molecule has 0 aliphatic carbocycles. The van der Waals surface area contributed by atoms with Crippen LogP contribution in [-0.4, -0.2) is 43.8 Å². The highest BCUT2D eigenvalue weighted by Crippen LogP contribution is 2.24. The molecule has 1 atom stereocenters. The fourth-order valence-corrected chi connectivity index (χ4v) is 4.77. The minimum Gasteiger partial charge on any atom is -0.459 e. The number of rotatable bonds is 8. The van der Waals surface area contributed by atoms with Gasteiger partial charge in [0.25, 0.3) is 0 Å². The summed E-state index contributed by atoms with van der Waals surface area (Å²) in [6, 6.07) is 9.51. The number of carbonyl (C=O) groups is 2. The van der Waals surface area contributed by atoms with E-state index >= 15 is 0 Å². The molecule has 1 aliphatic heterocycles. The first-order valence-corrected chi connectivity index (χ1v) is 12.1. The predicted octanol–water partition coefficient (Wildman–Crippen LogP) is 3.92. The smallest absolute Gasteiger partial charge is 0.231 e. The minimum absolute atomic E-state index is 0.0992. The molecule has 2 amide bonds. The van der Waals surface area contributed by atoms with E-state index in [1.54, 1.807) is 0 Å². The van der Waals surface area contributed by atoms with Crippen molar-refractivity contribution in [1.82, 2.24) is 25.0 Å². The van der Waals surface area contributed by atoms with Crippen molar-refractivity contribution in [1.29, 1.82) is 0 Å². The van der Waals surface area contributed by atoms with E-state index in [9.17, 15) is 9.59 Å². The third kappa shape index (κ3) is 5.15. The minimum atomic E-state index is -0.232. The van der Waals surface area contributed by atoms with Crippen molar-refractivity contribution >= 4 is 34.5 Å². The molecule has 4 rings (SSSR count). The van der Waals surface area contributed by atoms with Crippen LogP contribution in [0, 0.1) is 0 Å². The molecular weight excluding hydrogens is 426 g/mol. The van der Waals surface area contributed by atoms with E-state index in [4.69, 9.17) is 4.42 Å². The van der Waals surface area contributed by atoms with E-state index in [2.05, 4.69) is 15.5 Å². The van der Waals surface area contributed by atoms with E-state index in [0.717, 1.165) is 48.4 Å². The quantitative estimate of drug-likeness (QED) is 0.518. The van der Waals surface area contributed by atoms with Gasteiger partial charge in [0.1, 0.15) is 11.3 Å². The van der Waals surface area contributed by atoms with Gasteiger partial charge in [0, 0.05) is 24.9 Å². The Labute approximate surface area is 191 Å². The Morgan fingerprint density at radius 2 is 2.09 bits per heavy atom. The molecule has 0 bridgehead atoms. The number of benzene rings is 1. The summed E-state index contributed by atoms with van der Waals surface area (Å²) in [5.41, 5.74) is 0.810. The maximum atomic E-state index is 12.5. The molecule has 0 unspecified atom stereocenters. The summed E-state index contributed by atoms with van der Waals surface area (Å²) in [6.45, 7) is 5.84. The Morgan fingerprint density at radius 1 is 1.25 bits per heavy atom. The van der Waals surface area contributed by atoms with Gasteiger partial charge in [-0.3, -0.25) is 9.59 Å². The number of likely N-dealkylation sites (tertiary alicyclic amines) is 1. The van der Waals surface area contributed by atoms with Crippen LogP contribution >= 0.6 is 11.8 Å². The third-order valence-electron chi connectivity index (χ3n) is 5.69. The number of hydrogen-bond acceptors (Lipinski definition) is 6. The molecule has 0 spiro atoms. The lowest BCUT2D eigenvalue weighted by atomic mass is 10.2. The maximum Gasteiger partial charge on any atom is 0.231 e. The summed E-state index contributed by atoms with van der Waals surface area (Å²) < 4.78 is 7.83. The second-order valence-electron chi connectivity index (χ2n) is 8.03. The fourth-order valence-electron chi connectivity index (χ4n) is 3.94. The van der Waals surface area contributed by atoms with Crippen LogP contribution < -0.4 is 5.32 Å². The first kappa shape index (κ1) is 22.4. The van der Waals surface area contributed by atoms with Gasteiger partial charge in [0.2, 0.25) is 11.8 Å². The molecule has 1 aromatic carbocycles. The zero-order chi connectivity index (χ0) is 22.5. The van der Waals surface area contributed by atoms with Gasteiger partial charge in [-0.2, -0.15) is 0 Å². The maximum absolute atomic E-state index is 12.5. The van der Waals surface area contributed by atoms with E-state index in [-0.39, 0.29) is 23.6 Å². The monoisotopic (exact) mass is 455 g/mol. The zero-order valence-corrected chi connectivity index (χ0v) is 19.4. The van der Waals surface area contributed by atoms with Crippen molar-refractivity contribution in [3.63, 3.8) is 0 Å². The Balaban J connectivity index is 1.34. The SMILES string of the molecule is CCn1c(CN2CCCCCC2=O)nnc1SCC(=O)N[C@@H](C)c1cc2ccccc2o1. The number of aromatic nitrogens is 3. The van der Waals surface area contributed by atoms with Gasteiger partial charge in [-0.15, -0.1) is 10.2 Å². The fraction of sp³-hybridized carbons (Fsp3) is 0.478. The van der Waals surface area contributed by atoms with Gasteiger partial charge < -0.3 is 19.2 Å². The topological polar surface area (TPSA) is 93.3 Å². The van der Waals surface area contributed by atoms with Gasteiger partial charge in [0.05, 0.1) is 18.3 Å². The highest BCUT2D eigenvalue weighted by atomic mass is 32.2. The van der Waals surface area contributed by atoms with Gasteiger partial charge in [0.15, 0.2) is 11.0 Å². The van der Waals surface area contributed by atoms with Crippen molar-refractivity contribution in [3.05, 3.63) is 41.9 Å². The molecule has 2 aromatic heterocycles. The molecule has 8 nitrogen and oxygen atoms in total. The molecule has 1 saturated heterocycles. The van der Waals surface area contributed by atoms with Crippen LogP contribution in [0.5, 0.6) is 0 Å². The molecule has 0 radical (unpaired) electrons. The van der Waals surface area contributed by atoms with Gasteiger partial charge >= 0.3 is 0 Å². The van der Waals surface area contributed by atoms with E-state index in [1.807, 2.05) is 53.6 Å². The Morgan fingerprint density at radius 3 is 2.91 bits per heavy atom. The predicted molar refractivity (Wildman–Crippen MR) is 123 cm³/mol. The van der Waals surface area contributed by atoms with E-state index in [0.29, 0.717) is 24.7 Å². The number of para-hydroxylation sites is 1. The van der Waals surface area contributed by atoms with Crippen LogP contribution in [0.3, 0.4) is 0 Å². The van der Waals surface area contributed by atoms with Crippen molar-refractivity contribution in [3.8, 4) is 0 Å². The molecule has 9 heteroatoms. The Bertz CT molecular complexity index is 1060. The molecule has 1 fully saturated rings. The number of fused-ring (bicyclic) bond motifs is 1. The first-order chi connectivity index (χ1) is 15.5. The number of hydrogen-bond donors (Lipinski definition) is 1. The van der Waals surface area contributed by atoms with Crippen LogP contribution in [0.15, 0.2) is 39.9 Å². The second kappa shape index (κ2) is 10.2. The highest BCUT2D eigenvalue weighted by molar-refractivity contribution is 7.99. The number of nitrogens with zero attached hydrogens (tertiary/aromatic N) is 4. The van der Waals surface area contributed by atoms with E-state index < -0.39 is 0 Å². The molecule has 0 saturated carbocycles. The molecule has 32 heavy (non-hydrogen) atoms. The van der Waals surface area contributed by atoms with Crippen LogP contribution in [0.2, 0.25) is 0 Å². The lowest BCUT2D eigenvalue weighted by Gasteiger charge is -2.20. The van der Waals surface area contributed by atoms with Gasteiger partial charge in [-0.05, 0) is 38.8 Å². The van der Waals surface area contributed by atoms with Crippen molar-refractivity contribution in [2.45, 2.75) is 63.8 Å². The summed E-state index contributed by atoms with van der Waals surface area (Å²) in [6.07, 6.45) is 3.67. The largest absolute Gasteiger partial charge is 0.459 e. The molecule has 170 valence electrons. The summed E-state index contributed by atoms with van der Waals surface area (Å²) in [7, 11) is 0. The standard InChI is InChI=1S/C23H29N5O3S/c1-3-28-20(14-27-12-8-4-5-11-22(27)30)25-26-23(28)32-15-21(29)24-16(2)19-13-17-9-6-7-10-18(17)31-19/h6-7,9-10,13,16H,3-5,8,11-12,14-15H2,1-2H3,(H,24,29)/t16-/m0/s1. The number of amides is 2. The van der Waals surface area contributed by atoms with Gasteiger partial charge in [-0.25, -0.2) is 0 Å². The van der Waals surface area contributed by atoms with Crippen LogP contribution in [0.4, 0.5) is 0 Å². The van der Waals surface area contributed by atoms with E-state index in [1.165, 1.54) is 11.8 Å². The molecule has 1 N–H and O–H groups in total. The molecule has 3 heterocycles. The third-order valence-corrected chi connectivity index (χ3v) is 6.66. The van der Waals surface area contributed by atoms with Crippen molar-refractivity contribution < 1.29 is 14.0 Å². The average Bonchev–Trinajstić information content (AvgIpc) is 3.34. The summed E-state index contributed by atoms with van der Waals surface area (Å²) in [5.74, 6) is 1.80. The zero-order valence-electron chi connectivity index (χ0n) is 18.5. The van der Waals surface area contributed by atoms with Crippen molar-refractivity contribution in [2.75, 3.05) is 12.3 Å². The second-order valence-corrected chi connectivity index (χ2v) is 8.98. The van der Waals surface area contributed by atoms with Crippen LogP contribution in [0.1, 0.15) is 57.2 Å². The van der Waals surface area contributed by atoms with Crippen molar-refractivity contribution in [2.24, 2.45) is 0 Å².